The second-order valence-corrected chi connectivity index (χ2v) is 4.26. The van der Waals surface area contributed by atoms with Crippen molar-refractivity contribution in [3.63, 3.8) is 0 Å². The zero-order valence-corrected chi connectivity index (χ0v) is 9.58. The van der Waals surface area contributed by atoms with Crippen LogP contribution < -0.4 is 5.73 Å². The Morgan fingerprint density at radius 3 is 2.64 bits per heavy atom. The lowest BCUT2D eigenvalue weighted by atomic mass is 10.1. The van der Waals surface area contributed by atoms with Crippen LogP contribution in [-0.2, 0) is 6.42 Å². The lowest BCUT2D eigenvalue weighted by Crippen LogP contribution is -2.30. The first-order valence-electron chi connectivity index (χ1n) is 3.96. The minimum absolute atomic E-state index is 0.398. The van der Waals surface area contributed by atoms with Crippen LogP contribution in [0.3, 0.4) is 0 Å². The van der Waals surface area contributed by atoms with Crippen molar-refractivity contribution < 1.29 is 8.78 Å². The first-order chi connectivity index (χ1) is 6.44. The molecular weight excluding hydrogens is 275 g/mol. The summed E-state index contributed by atoms with van der Waals surface area (Å²) in [4.78, 5) is 0. The van der Waals surface area contributed by atoms with E-state index in [2.05, 4.69) is 15.9 Å². The highest BCUT2D eigenvalue weighted by Crippen LogP contribution is 2.27. The minimum atomic E-state index is -2.88. The van der Waals surface area contributed by atoms with E-state index in [1.54, 1.807) is 12.1 Å². The van der Waals surface area contributed by atoms with Gasteiger partial charge < -0.3 is 5.73 Å². The van der Waals surface area contributed by atoms with Crippen molar-refractivity contribution in [2.75, 3.05) is 6.54 Å². The van der Waals surface area contributed by atoms with Crippen molar-refractivity contribution in [2.45, 2.75) is 12.3 Å². The number of alkyl halides is 2. The van der Waals surface area contributed by atoms with Crippen LogP contribution in [0.15, 0.2) is 22.7 Å². The van der Waals surface area contributed by atoms with E-state index in [9.17, 15) is 8.78 Å². The Morgan fingerprint density at radius 2 is 2.07 bits per heavy atom. The van der Waals surface area contributed by atoms with E-state index in [1.165, 1.54) is 6.07 Å². The highest BCUT2D eigenvalue weighted by Gasteiger charge is 2.27. The zero-order chi connectivity index (χ0) is 10.8. The highest BCUT2D eigenvalue weighted by molar-refractivity contribution is 9.10. The van der Waals surface area contributed by atoms with Crippen LogP contribution in [0.4, 0.5) is 8.78 Å². The molecule has 1 nitrogen and oxygen atoms in total. The lowest BCUT2D eigenvalue weighted by molar-refractivity contribution is 0.0113. The van der Waals surface area contributed by atoms with Crippen LogP contribution in [-0.4, -0.2) is 12.5 Å². The molecule has 0 aromatic heterocycles. The Labute approximate surface area is 94.4 Å². The van der Waals surface area contributed by atoms with E-state index in [4.69, 9.17) is 17.3 Å². The molecule has 2 N–H and O–H groups in total. The van der Waals surface area contributed by atoms with Gasteiger partial charge in [-0.1, -0.05) is 27.5 Å². The first-order valence-corrected chi connectivity index (χ1v) is 5.13. The molecule has 0 saturated heterocycles. The van der Waals surface area contributed by atoms with Crippen LogP contribution in [0.5, 0.6) is 0 Å². The summed E-state index contributed by atoms with van der Waals surface area (Å²) in [5.74, 6) is -2.88. The molecule has 0 radical (unpaired) electrons. The summed E-state index contributed by atoms with van der Waals surface area (Å²) in [6.07, 6.45) is -0.398. The molecule has 0 saturated carbocycles. The summed E-state index contributed by atoms with van der Waals surface area (Å²) in [6, 6.07) is 4.79. The molecule has 1 aromatic carbocycles. The number of benzene rings is 1. The maximum Gasteiger partial charge on any atom is 0.264 e. The van der Waals surface area contributed by atoms with E-state index in [0.29, 0.717) is 15.1 Å². The molecule has 0 atom stereocenters. The summed E-state index contributed by atoms with van der Waals surface area (Å²) >= 11 is 8.87. The van der Waals surface area contributed by atoms with Gasteiger partial charge in [-0.3, -0.25) is 0 Å². The average molecular weight is 285 g/mol. The molecule has 0 aliphatic carbocycles. The maximum absolute atomic E-state index is 13.0. The largest absolute Gasteiger partial charge is 0.325 e. The average Bonchev–Trinajstić information content (AvgIpc) is 2.11. The number of halogens is 4. The molecule has 0 spiro atoms. The number of nitrogens with two attached hydrogens (primary N) is 1. The zero-order valence-electron chi connectivity index (χ0n) is 7.24. The molecule has 0 heterocycles. The summed E-state index contributed by atoms with van der Waals surface area (Å²) in [6.45, 7) is -0.661. The maximum atomic E-state index is 13.0. The molecule has 78 valence electrons. The van der Waals surface area contributed by atoms with Crippen LogP contribution in [0.2, 0.25) is 5.02 Å². The fourth-order valence-corrected chi connectivity index (χ4v) is 1.61. The van der Waals surface area contributed by atoms with E-state index in [0.717, 1.165) is 0 Å². The van der Waals surface area contributed by atoms with Gasteiger partial charge in [0.15, 0.2) is 0 Å². The Hall–Kier alpha value is -0.190. The summed E-state index contributed by atoms with van der Waals surface area (Å²) < 4.78 is 26.5. The minimum Gasteiger partial charge on any atom is -0.325 e. The van der Waals surface area contributed by atoms with Gasteiger partial charge >= 0.3 is 0 Å². The molecule has 0 fully saturated rings. The van der Waals surface area contributed by atoms with Gasteiger partial charge in [-0.2, -0.15) is 0 Å². The van der Waals surface area contributed by atoms with Gasteiger partial charge in [0.1, 0.15) is 0 Å². The normalized spacial score (nSPS) is 11.8. The van der Waals surface area contributed by atoms with Gasteiger partial charge in [-0.25, -0.2) is 8.78 Å². The van der Waals surface area contributed by atoms with Gasteiger partial charge in [-0.15, -0.1) is 0 Å². The molecule has 5 heteroatoms. The summed E-state index contributed by atoms with van der Waals surface area (Å²) in [5.41, 5.74) is 5.41. The van der Waals surface area contributed by atoms with Crippen LogP contribution in [0.1, 0.15) is 5.56 Å². The van der Waals surface area contributed by atoms with Gasteiger partial charge in [0, 0.05) is 15.9 Å². The van der Waals surface area contributed by atoms with Gasteiger partial charge in [0.2, 0.25) is 0 Å². The van der Waals surface area contributed by atoms with Crippen molar-refractivity contribution in [1.82, 2.24) is 0 Å². The van der Waals surface area contributed by atoms with E-state index in [-0.39, 0.29) is 0 Å². The molecule has 0 amide bonds. The second-order valence-electron chi connectivity index (χ2n) is 2.97. The van der Waals surface area contributed by atoms with Gasteiger partial charge in [0.25, 0.3) is 5.92 Å². The van der Waals surface area contributed by atoms with Crippen LogP contribution in [0, 0.1) is 0 Å². The van der Waals surface area contributed by atoms with Crippen molar-refractivity contribution in [2.24, 2.45) is 5.73 Å². The van der Waals surface area contributed by atoms with E-state index in [1.807, 2.05) is 0 Å². The molecule has 1 rings (SSSR count). The topological polar surface area (TPSA) is 26.0 Å². The Morgan fingerprint density at radius 1 is 1.43 bits per heavy atom. The predicted molar refractivity (Wildman–Crippen MR) is 56.9 cm³/mol. The Balaban J connectivity index is 2.91. The number of hydrogen-bond acceptors (Lipinski definition) is 1. The summed E-state index contributed by atoms with van der Waals surface area (Å²) in [5, 5.41) is 0.441. The van der Waals surface area contributed by atoms with E-state index < -0.39 is 18.9 Å². The van der Waals surface area contributed by atoms with Gasteiger partial charge in [-0.05, 0) is 23.8 Å². The number of rotatable bonds is 3. The predicted octanol–water partition coefficient (Wildman–Crippen LogP) is 3.24. The second kappa shape index (κ2) is 4.55. The van der Waals surface area contributed by atoms with Crippen molar-refractivity contribution in [3.8, 4) is 0 Å². The molecule has 14 heavy (non-hydrogen) atoms. The quantitative estimate of drug-likeness (QED) is 0.906. The third kappa shape index (κ3) is 3.19. The molecule has 0 unspecified atom stereocenters. The number of hydrogen-bond donors (Lipinski definition) is 1. The van der Waals surface area contributed by atoms with E-state index >= 15 is 0 Å². The van der Waals surface area contributed by atoms with Crippen molar-refractivity contribution >= 4 is 27.5 Å². The SMILES string of the molecule is NCC(F)(F)Cc1cc(Cl)ccc1Br. The Bertz CT molecular complexity index is 331. The standard InChI is InChI=1S/C9H9BrClF2N/c10-8-2-1-7(11)3-6(8)4-9(12,13)5-14/h1-3H,4-5,14H2. The van der Waals surface area contributed by atoms with Crippen molar-refractivity contribution in [1.29, 1.82) is 0 Å². The monoisotopic (exact) mass is 283 g/mol. The third-order valence-electron chi connectivity index (χ3n) is 1.76. The molecular formula is C9H9BrClF2N. The lowest BCUT2D eigenvalue weighted by Gasteiger charge is -2.14. The van der Waals surface area contributed by atoms with Gasteiger partial charge in [0.05, 0.1) is 6.54 Å². The van der Waals surface area contributed by atoms with Crippen LogP contribution in [0.25, 0.3) is 0 Å². The highest BCUT2D eigenvalue weighted by atomic mass is 79.9. The van der Waals surface area contributed by atoms with Crippen molar-refractivity contribution in [3.05, 3.63) is 33.3 Å². The fraction of sp³-hybridized carbons (Fsp3) is 0.333. The third-order valence-corrected chi connectivity index (χ3v) is 2.76. The molecule has 1 aromatic rings. The molecule has 0 aliphatic rings. The molecule has 0 bridgehead atoms. The van der Waals surface area contributed by atoms with Crippen LogP contribution >= 0.6 is 27.5 Å². The Kier molecular flexibility index (Phi) is 3.86. The fourth-order valence-electron chi connectivity index (χ4n) is 1.03. The first kappa shape index (κ1) is 11.9. The molecule has 0 aliphatic heterocycles. The smallest absolute Gasteiger partial charge is 0.264 e. The summed E-state index contributed by atoms with van der Waals surface area (Å²) in [7, 11) is 0.